The number of rotatable bonds is 6. The summed E-state index contributed by atoms with van der Waals surface area (Å²) >= 11 is 0. The van der Waals surface area contributed by atoms with Crippen molar-refractivity contribution in [1.29, 1.82) is 0 Å². The second kappa shape index (κ2) is 9.57. The van der Waals surface area contributed by atoms with Crippen molar-refractivity contribution in [3.05, 3.63) is 57.7 Å². The second-order valence-corrected chi connectivity index (χ2v) is 9.30. The van der Waals surface area contributed by atoms with E-state index in [1.165, 1.54) is 0 Å². The van der Waals surface area contributed by atoms with Gasteiger partial charge >= 0.3 is 20.9 Å². The number of halogens is 14. The highest BCUT2D eigenvalue weighted by molar-refractivity contribution is 6.92. The molecule has 0 unspecified atom stereocenters. The Kier molecular flexibility index (Phi) is 7.88. The topological polar surface area (TPSA) is 18.5 Å². The van der Waals surface area contributed by atoms with Crippen LogP contribution >= 0.6 is 0 Å². The van der Waals surface area contributed by atoms with Crippen molar-refractivity contribution in [3.63, 3.8) is 0 Å². The zero-order chi connectivity index (χ0) is 27.3. The Morgan fingerprint density at radius 3 is 0.886 bits per heavy atom. The first kappa shape index (κ1) is 28.8. The molecular weight excluding hydrogens is 542 g/mol. The molecule has 0 saturated carbocycles. The third-order valence-corrected chi connectivity index (χ3v) is 8.03. The lowest BCUT2D eigenvalue weighted by Gasteiger charge is -2.32. The van der Waals surface area contributed by atoms with Crippen LogP contribution in [0.25, 0.3) is 0 Å². The van der Waals surface area contributed by atoms with Gasteiger partial charge in [0, 0.05) is 13.2 Å². The van der Waals surface area contributed by atoms with Crippen LogP contribution in [0.5, 0.6) is 0 Å². The molecule has 0 amide bonds. The summed E-state index contributed by atoms with van der Waals surface area (Å²) < 4.78 is 203. The first-order chi connectivity index (χ1) is 15.9. The van der Waals surface area contributed by atoms with Crippen LogP contribution in [0.4, 0.5) is 61.5 Å². The lowest BCUT2D eigenvalue weighted by molar-refractivity contribution is -0.144. The predicted octanol–water partition coefficient (Wildman–Crippen LogP) is 5.47. The van der Waals surface area contributed by atoms with E-state index in [1.54, 1.807) is 0 Å². The van der Waals surface area contributed by atoms with E-state index in [2.05, 4.69) is 0 Å². The molecule has 0 bridgehead atoms. The summed E-state index contributed by atoms with van der Waals surface area (Å²) in [5.41, 5.74) is -6.23. The Hall–Kier alpha value is -2.40. The lowest BCUT2D eigenvalue weighted by Crippen LogP contribution is -2.68. The molecule has 0 atom stereocenters. The van der Waals surface area contributed by atoms with Crippen LogP contribution < -0.4 is 10.4 Å². The highest BCUT2D eigenvalue weighted by Gasteiger charge is 2.57. The molecule has 196 valence electrons. The average Bonchev–Trinajstić information content (AvgIpc) is 2.70. The van der Waals surface area contributed by atoms with Gasteiger partial charge in [-0.3, -0.25) is 0 Å². The van der Waals surface area contributed by atoms with Gasteiger partial charge in [-0.25, -0.2) is 35.1 Å². The largest absolute Gasteiger partial charge is 0.422 e. The maximum Gasteiger partial charge on any atom is 0.422 e. The molecule has 0 aliphatic rings. The average molecular weight is 552 g/mol. The zero-order valence-corrected chi connectivity index (χ0v) is 18.0. The van der Waals surface area contributed by atoms with Crippen LogP contribution in [-0.2, 0) is 21.2 Å². The van der Waals surface area contributed by atoms with Crippen LogP contribution in [-0.4, -0.2) is 21.8 Å². The van der Waals surface area contributed by atoms with Gasteiger partial charge in [0.1, 0.15) is 11.1 Å². The molecule has 0 heterocycles. The summed E-state index contributed by atoms with van der Waals surface area (Å²) in [6.45, 7) is -0.170. The molecule has 0 N–H and O–H groups in total. The van der Waals surface area contributed by atoms with Crippen molar-refractivity contribution >= 4 is 18.9 Å². The van der Waals surface area contributed by atoms with E-state index < -0.39 is 102 Å². The Labute approximate surface area is 187 Å². The number of benzene rings is 2. The molecule has 0 radical (unpaired) electrons. The molecule has 0 aliphatic carbocycles. The third-order valence-electron chi connectivity index (χ3n) is 4.45. The summed E-state index contributed by atoms with van der Waals surface area (Å²) in [7, 11) is -6.21. The van der Waals surface area contributed by atoms with Gasteiger partial charge in [-0.15, -0.1) is 0 Å². The van der Waals surface area contributed by atoms with Crippen LogP contribution in [0.3, 0.4) is 0 Å². The normalized spacial score (nSPS) is 13.0. The van der Waals surface area contributed by atoms with E-state index in [1.807, 2.05) is 0 Å². The molecule has 2 nitrogen and oxygen atoms in total. The smallest absolute Gasteiger partial charge is 0.388 e. The lowest BCUT2D eigenvalue weighted by atomic mass is 10.1. The van der Waals surface area contributed by atoms with E-state index in [0.29, 0.717) is 0 Å². The molecular formula is C18H10F14O2Si. The Morgan fingerprint density at radius 2 is 0.714 bits per heavy atom. The van der Waals surface area contributed by atoms with Crippen LogP contribution in [0, 0.1) is 46.5 Å². The molecule has 2 aromatic rings. The van der Waals surface area contributed by atoms with Gasteiger partial charge < -0.3 is 8.85 Å². The maximum atomic E-state index is 14.8. The van der Waals surface area contributed by atoms with Gasteiger partial charge in [-0.1, -0.05) is 0 Å². The minimum atomic E-state index is -6.21. The molecule has 0 spiro atoms. The maximum absolute atomic E-state index is 14.8. The quantitative estimate of drug-likeness (QED) is 0.269. The van der Waals surface area contributed by atoms with Crippen molar-refractivity contribution in [3.8, 4) is 0 Å². The summed E-state index contributed by atoms with van der Waals surface area (Å²) in [5, 5.41) is -4.72. The Morgan fingerprint density at radius 1 is 0.486 bits per heavy atom. The van der Waals surface area contributed by atoms with Crippen LogP contribution in [0.2, 0.25) is 0 Å². The Balaban J connectivity index is 3.20. The van der Waals surface area contributed by atoms with Gasteiger partial charge in [0.25, 0.3) is 0 Å². The highest BCUT2D eigenvalue weighted by atomic mass is 28.4. The fraction of sp³-hybridized carbons (Fsp3) is 0.333. The fourth-order valence-electron chi connectivity index (χ4n) is 3.20. The van der Waals surface area contributed by atoms with Gasteiger partial charge in [0.05, 0.1) is 10.4 Å². The van der Waals surface area contributed by atoms with Crippen molar-refractivity contribution in [1.82, 2.24) is 0 Å². The molecule has 17 heteroatoms. The summed E-state index contributed by atoms with van der Waals surface area (Å²) in [6, 6.07) is 0. The van der Waals surface area contributed by atoms with Gasteiger partial charge in [0.2, 0.25) is 0 Å². The van der Waals surface area contributed by atoms with Crippen molar-refractivity contribution in [2.45, 2.75) is 26.2 Å². The SMILES string of the molecule is CCO[Si](OCC)(c1c(F)c(F)c(C(F)(F)F)c(F)c1F)c1c(F)c(F)c(C(F)(F)F)c(F)c1F. The van der Waals surface area contributed by atoms with E-state index in [0.717, 1.165) is 13.8 Å². The van der Waals surface area contributed by atoms with Gasteiger partial charge in [-0.05, 0) is 13.8 Å². The zero-order valence-electron chi connectivity index (χ0n) is 17.0. The van der Waals surface area contributed by atoms with Crippen LogP contribution in [0.15, 0.2) is 0 Å². The molecule has 0 aromatic heterocycles. The summed E-state index contributed by atoms with van der Waals surface area (Å²) in [5.74, 6) is -24.4. The first-order valence-electron chi connectivity index (χ1n) is 9.05. The first-order valence-corrected chi connectivity index (χ1v) is 10.9. The molecule has 35 heavy (non-hydrogen) atoms. The Bertz CT molecular complexity index is 994. The van der Waals surface area contributed by atoms with E-state index >= 15 is 0 Å². The molecule has 0 saturated heterocycles. The van der Waals surface area contributed by atoms with E-state index in [4.69, 9.17) is 8.85 Å². The summed E-state index contributed by atoms with van der Waals surface area (Å²) in [6.07, 6.45) is -12.1. The molecule has 2 aromatic carbocycles. The number of hydrogen-bond donors (Lipinski definition) is 0. The molecule has 0 fully saturated rings. The number of alkyl halides is 6. The van der Waals surface area contributed by atoms with Crippen molar-refractivity contribution in [2.75, 3.05) is 13.2 Å². The standard InChI is InChI=1S/C18H10F14O2Si/c1-3-33-35(34-4-2,15-11(23)7(19)5(17(27,28)29)8(20)12(15)24)16-13(25)9(21)6(18(30,31)32)10(22)14(16)26/h3-4H2,1-2H3. The monoisotopic (exact) mass is 552 g/mol. The summed E-state index contributed by atoms with van der Waals surface area (Å²) in [4.78, 5) is 0. The van der Waals surface area contributed by atoms with Crippen molar-refractivity contribution in [2.24, 2.45) is 0 Å². The minimum Gasteiger partial charge on any atom is -0.388 e. The fourth-order valence-corrected chi connectivity index (χ4v) is 6.52. The number of hydrogen-bond acceptors (Lipinski definition) is 2. The highest BCUT2D eigenvalue weighted by Crippen LogP contribution is 2.38. The van der Waals surface area contributed by atoms with E-state index in [9.17, 15) is 61.5 Å². The van der Waals surface area contributed by atoms with Crippen molar-refractivity contribution < 1.29 is 70.3 Å². The molecule has 0 aliphatic heterocycles. The second-order valence-electron chi connectivity index (χ2n) is 6.49. The van der Waals surface area contributed by atoms with Gasteiger partial charge in [-0.2, -0.15) is 26.3 Å². The van der Waals surface area contributed by atoms with E-state index in [-0.39, 0.29) is 0 Å². The third kappa shape index (κ3) is 4.60. The van der Waals surface area contributed by atoms with Gasteiger partial charge in [0.15, 0.2) is 46.5 Å². The molecule has 2 rings (SSSR count). The minimum absolute atomic E-state index is 0.889. The van der Waals surface area contributed by atoms with Crippen LogP contribution in [0.1, 0.15) is 25.0 Å². The predicted molar refractivity (Wildman–Crippen MR) is 90.8 cm³/mol.